The lowest BCUT2D eigenvalue weighted by atomic mass is 10.1. The van der Waals surface area contributed by atoms with Crippen molar-refractivity contribution in [2.24, 2.45) is 31.7 Å². The molecule has 0 aliphatic carbocycles. The number of halogens is 5. The van der Waals surface area contributed by atoms with Crippen LogP contribution in [-0.2, 0) is 9.53 Å². The molecule has 0 unspecified atom stereocenters. The van der Waals surface area contributed by atoms with E-state index in [1.54, 1.807) is 51.4 Å². The van der Waals surface area contributed by atoms with Gasteiger partial charge in [-0.2, -0.15) is 27.1 Å². The minimum absolute atomic E-state index is 0.0316. The predicted octanol–water partition coefficient (Wildman–Crippen LogP) is 7.41. The van der Waals surface area contributed by atoms with Crippen LogP contribution in [0.15, 0.2) is 80.7 Å². The second kappa shape index (κ2) is 16.7. The van der Waals surface area contributed by atoms with E-state index in [1.807, 2.05) is 26.0 Å². The first-order chi connectivity index (χ1) is 22.6. The zero-order chi connectivity index (χ0) is 35.5. The summed E-state index contributed by atoms with van der Waals surface area (Å²) in [5.74, 6) is -0.443. The molecule has 3 N–H and O–H groups in total. The molecule has 0 aliphatic rings. The van der Waals surface area contributed by atoms with Gasteiger partial charge in [0.05, 0.1) is 30.6 Å². The number of amidine groups is 2. The maximum Gasteiger partial charge on any atom is 0.499 e. The first-order valence-corrected chi connectivity index (χ1v) is 15.1. The van der Waals surface area contributed by atoms with Crippen molar-refractivity contribution in [1.29, 1.82) is 0 Å². The van der Waals surface area contributed by atoms with E-state index >= 15 is 0 Å². The van der Waals surface area contributed by atoms with Crippen molar-refractivity contribution in [3.8, 4) is 11.5 Å². The number of carbonyl (C=O) groups is 1. The number of aliphatic imine (C=N–C) groups is 3. The van der Waals surface area contributed by atoms with Crippen molar-refractivity contribution in [2.75, 3.05) is 13.0 Å². The molecule has 0 heterocycles. The maximum atomic E-state index is 13.0. The molecule has 0 saturated heterocycles. The maximum absolute atomic E-state index is 13.0. The highest BCUT2D eigenvalue weighted by molar-refractivity contribution is 8.13. The van der Waals surface area contributed by atoms with Gasteiger partial charge in [0, 0.05) is 5.56 Å². The van der Waals surface area contributed by atoms with Gasteiger partial charge in [-0.3, -0.25) is 10.2 Å². The summed E-state index contributed by atoms with van der Waals surface area (Å²) >= 11 is 1.17. The van der Waals surface area contributed by atoms with Crippen LogP contribution in [0.4, 0.5) is 33.3 Å². The van der Waals surface area contributed by atoms with Crippen LogP contribution < -0.4 is 20.6 Å². The quantitative estimate of drug-likeness (QED) is 0.0505. The fourth-order valence-corrected chi connectivity index (χ4v) is 4.21. The van der Waals surface area contributed by atoms with E-state index in [9.17, 15) is 26.7 Å². The molecule has 0 saturated carbocycles. The number of aryl methyl sites for hydroxylation is 2. The number of esters is 1. The number of hydrazone groups is 1. The summed E-state index contributed by atoms with van der Waals surface area (Å²) < 4.78 is 77.4. The third kappa shape index (κ3) is 11.1. The number of rotatable bonds is 12. The molecule has 48 heavy (non-hydrogen) atoms. The minimum Gasteiger partial charge on any atom is -0.497 e. The monoisotopic (exact) mass is 692 g/mol. The Morgan fingerprint density at radius 1 is 0.979 bits per heavy atom. The highest BCUT2D eigenvalue weighted by Gasteiger charge is 2.61. The van der Waals surface area contributed by atoms with Crippen LogP contribution in [0, 0.1) is 19.8 Å². The summed E-state index contributed by atoms with van der Waals surface area (Å²) in [6.07, 6.45) is -8.51. The number of hydrogen-bond acceptors (Lipinski definition) is 8. The van der Waals surface area contributed by atoms with E-state index in [0.29, 0.717) is 22.0 Å². The van der Waals surface area contributed by atoms with Gasteiger partial charge in [-0.15, -0.1) is 0 Å². The number of thioether (sulfide) groups is 1. The molecule has 3 aromatic rings. The van der Waals surface area contributed by atoms with Gasteiger partial charge in [-0.1, -0.05) is 38.1 Å². The standard InChI is InChI=1S/C32H33F5N6O4S/c1-19(2)29(44)46-18-48-30(42-27-20(3)14-26(45-5)15-21(27)4)43-41-16-22-6-8-23(9-7-22)28(38)40-17-39-24-10-12-25(13-11-24)47-32(36,37)31(33,34)35/h6-17,19H,18H2,1-5H3,(H,42,43)(H2,38,39,40)/b41-16-. The Bertz CT molecular complexity index is 1650. The van der Waals surface area contributed by atoms with E-state index in [0.717, 1.165) is 35.3 Å². The molecule has 0 bridgehead atoms. The molecule has 0 atom stereocenters. The van der Waals surface area contributed by atoms with Gasteiger partial charge in [0.15, 0.2) is 5.17 Å². The predicted molar refractivity (Wildman–Crippen MR) is 177 cm³/mol. The Balaban J connectivity index is 1.66. The fourth-order valence-electron chi connectivity index (χ4n) is 3.65. The molecule has 10 nitrogen and oxygen atoms in total. The Hall–Kier alpha value is -4.99. The average Bonchev–Trinajstić information content (AvgIpc) is 3.02. The fraction of sp³-hybridized carbons (Fsp3) is 0.281. The van der Waals surface area contributed by atoms with Gasteiger partial charge >= 0.3 is 18.3 Å². The Labute approximate surface area is 278 Å². The number of hydrogen-bond donors (Lipinski definition) is 2. The van der Waals surface area contributed by atoms with E-state index in [4.69, 9.17) is 20.2 Å². The lowest BCUT2D eigenvalue weighted by Gasteiger charge is -2.20. The van der Waals surface area contributed by atoms with Gasteiger partial charge in [-0.05, 0) is 78.7 Å². The van der Waals surface area contributed by atoms with Crippen LogP contribution in [-0.4, -0.2) is 54.9 Å². The summed E-state index contributed by atoms with van der Waals surface area (Å²) in [6, 6.07) is 14.8. The van der Waals surface area contributed by atoms with Crippen LogP contribution in [0.1, 0.15) is 36.1 Å². The molecular weight excluding hydrogens is 659 g/mol. The van der Waals surface area contributed by atoms with Gasteiger partial charge in [0.2, 0.25) is 0 Å². The molecule has 0 fully saturated rings. The second-order valence-corrected chi connectivity index (χ2v) is 11.2. The zero-order valence-corrected chi connectivity index (χ0v) is 27.3. The Morgan fingerprint density at radius 2 is 1.60 bits per heavy atom. The normalized spacial score (nSPS) is 13.0. The molecule has 0 aliphatic heterocycles. The SMILES string of the molecule is COc1cc(C)c(N=C(N/N=C\c2ccc(C(N)=NC=Nc3ccc(OC(F)(F)C(F)(F)F)cc3)cc2)SCOC(=O)C(C)C)c(C)c1. The van der Waals surface area contributed by atoms with E-state index < -0.39 is 18.0 Å². The lowest BCUT2D eigenvalue weighted by Crippen LogP contribution is -2.41. The summed E-state index contributed by atoms with van der Waals surface area (Å²) in [6.45, 7) is 7.30. The number of benzene rings is 3. The minimum atomic E-state index is -5.85. The number of nitrogens with two attached hydrogens (primary N) is 1. The van der Waals surface area contributed by atoms with Crippen molar-refractivity contribution in [3.05, 3.63) is 82.9 Å². The number of ether oxygens (including phenoxy) is 3. The molecule has 0 amide bonds. The average molecular weight is 693 g/mol. The van der Waals surface area contributed by atoms with Crippen LogP contribution in [0.25, 0.3) is 0 Å². The smallest absolute Gasteiger partial charge is 0.497 e. The van der Waals surface area contributed by atoms with Crippen LogP contribution >= 0.6 is 11.8 Å². The molecule has 3 rings (SSSR count). The van der Waals surface area contributed by atoms with E-state index in [2.05, 4.69) is 25.2 Å². The molecule has 16 heteroatoms. The molecule has 0 aromatic heterocycles. The van der Waals surface area contributed by atoms with Crippen LogP contribution in [0.2, 0.25) is 0 Å². The second-order valence-electron chi connectivity index (χ2n) is 10.3. The number of alkyl halides is 5. The Morgan fingerprint density at radius 3 is 2.17 bits per heavy atom. The Kier molecular flexibility index (Phi) is 13.0. The van der Waals surface area contributed by atoms with Gasteiger partial charge in [0.1, 0.15) is 29.6 Å². The van der Waals surface area contributed by atoms with Crippen molar-refractivity contribution in [2.45, 2.75) is 40.0 Å². The van der Waals surface area contributed by atoms with Crippen molar-refractivity contribution in [3.63, 3.8) is 0 Å². The van der Waals surface area contributed by atoms with Gasteiger partial charge in [-0.25, -0.2) is 15.0 Å². The van der Waals surface area contributed by atoms with E-state index in [1.165, 1.54) is 23.9 Å². The molecular formula is C32H33F5N6O4S. The summed E-state index contributed by atoms with van der Waals surface area (Å²) in [4.78, 5) is 24.6. The molecule has 256 valence electrons. The summed E-state index contributed by atoms with van der Waals surface area (Å²) in [7, 11) is 1.59. The zero-order valence-electron chi connectivity index (χ0n) is 26.5. The number of nitrogens with one attached hydrogen (secondary N) is 1. The number of methoxy groups -OCH3 is 1. The number of carbonyl (C=O) groups excluding carboxylic acids is 1. The summed E-state index contributed by atoms with van der Waals surface area (Å²) in [5, 5.41) is 4.67. The molecule has 0 spiro atoms. The first kappa shape index (κ1) is 37.5. The lowest BCUT2D eigenvalue weighted by molar-refractivity contribution is -0.360. The largest absolute Gasteiger partial charge is 0.499 e. The molecule has 0 radical (unpaired) electrons. The highest BCUT2D eigenvalue weighted by Crippen LogP contribution is 2.37. The molecule has 3 aromatic carbocycles. The topological polar surface area (TPSA) is 132 Å². The van der Waals surface area contributed by atoms with Crippen molar-refractivity contribution < 1.29 is 41.0 Å². The third-order valence-corrected chi connectivity index (χ3v) is 6.87. The van der Waals surface area contributed by atoms with E-state index in [-0.39, 0.29) is 29.3 Å². The number of nitrogens with zero attached hydrogens (tertiary/aromatic N) is 4. The van der Waals surface area contributed by atoms with Crippen LogP contribution in [0.3, 0.4) is 0 Å². The first-order valence-electron chi connectivity index (χ1n) is 14.1. The van der Waals surface area contributed by atoms with Gasteiger partial charge < -0.3 is 19.9 Å². The van der Waals surface area contributed by atoms with Crippen LogP contribution in [0.5, 0.6) is 11.5 Å². The van der Waals surface area contributed by atoms with Crippen molar-refractivity contribution >= 4 is 52.7 Å². The van der Waals surface area contributed by atoms with Crippen molar-refractivity contribution in [1.82, 2.24) is 5.43 Å². The summed E-state index contributed by atoms with van der Waals surface area (Å²) in [5.41, 5.74) is 12.9. The van der Waals surface area contributed by atoms with Gasteiger partial charge in [0.25, 0.3) is 0 Å². The highest BCUT2D eigenvalue weighted by atomic mass is 32.2. The third-order valence-electron chi connectivity index (χ3n) is 6.18.